The fourth-order valence-electron chi connectivity index (χ4n) is 3.61. The van der Waals surface area contributed by atoms with Gasteiger partial charge in [-0.3, -0.25) is 19.3 Å². The van der Waals surface area contributed by atoms with E-state index in [0.717, 1.165) is 5.56 Å². The van der Waals surface area contributed by atoms with Crippen molar-refractivity contribution in [3.8, 4) is 5.75 Å². The van der Waals surface area contributed by atoms with Crippen LogP contribution < -0.4 is 10.4 Å². The van der Waals surface area contributed by atoms with Crippen LogP contribution in [0, 0.1) is 0 Å². The minimum Gasteiger partial charge on any atom is -0.502 e. The Bertz CT molecular complexity index is 868. The lowest BCUT2D eigenvalue weighted by molar-refractivity contribution is 0.0577. The number of fused-ring (bicyclic) bond motifs is 4. The van der Waals surface area contributed by atoms with Gasteiger partial charge >= 0.3 is 0 Å². The van der Waals surface area contributed by atoms with Crippen LogP contribution in [0.15, 0.2) is 47.4 Å². The largest absolute Gasteiger partial charge is 0.502 e. The van der Waals surface area contributed by atoms with Gasteiger partial charge in [-0.05, 0) is 18.4 Å². The molecule has 2 aliphatic rings. The maximum atomic E-state index is 14.3. The zero-order valence-corrected chi connectivity index (χ0v) is 13.5. The average Bonchev–Trinajstić information content (AvgIpc) is 2.60. The van der Waals surface area contributed by atoms with Crippen molar-refractivity contribution in [1.82, 2.24) is 9.58 Å². The summed E-state index contributed by atoms with van der Waals surface area (Å²) in [6.07, 6.45) is 1.26. The number of aromatic hydroxyl groups is 1. The van der Waals surface area contributed by atoms with Gasteiger partial charge in [0, 0.05) is 12.3 Å². The van der Waals surface area contributed by atoms with Crippen LogP contribution >= 0.6 is 0 Å². The van der Waals surface area contributed by atoms with Crippen LogP contribution in [0.2, 0.25) is 0 Å². The Morgan fingerprint density at radius 2 is 1.84 bits per heavy atom. The minimum atomic E-state index is -1.14. The number of carbonyl (C=O) groups excluding carboxylic acids is 1. The van der Waals surface area contributed by atoms with Crippen LogP contribution in [-0.4, -0.2) is 40.0 Å². The number of pyridine rings is 1. The summed E-state index contributed by atoms with van der Waals surface area (Å²) < 4.78 is 15.8. The molecule has 6 nitrogen and oxygen atoms in total. The van der Waals surface area contributed by atoms with Crippen LogP contribution in [0.3, 0.4) is 0 Å². The van der Waals surface area contributed by atoms with Crippen molar-refractivity contribution in [2.24, 2.45) is 0 Å². The first-order chi connectivity index (χ1) is 12.1. The SMILES string of the molecule is O=C1c2c(O)c(=O)ccn2N2CN1CC(F)CCC2c1ccccc1. The van der Waals surface area contributed by atoms with Crippen LogP contribution in [0.25, 0.3) is 0 Å². The molecular weight excluding hydrogens is 325 g/mol. The number of halogens is 1. The molecule has 0 saturated carbocycles. The molecule has 2 atom stereocenters. The van der Waals surface area contributed by atoms with E-state index in [2.05, 4.69) is 0 Å². The molecule has 130 valence electrons. The quantitative estimate of drug-likeness (QED) is 0.857. The number of rotatable bonds is 1. The van der Waals surface area contributed by atoms with Crippen molar-refractivity contribution in [2.75, 3.05) is 18.2 Å². The van der Waals surface area contributed by atoms with E-state index in [1.54, 1.807) is 0 Å². The summed E-state index contributed by atoms with van der Waals surface area (Å²) in [7, 11) is 0. The van der Waals surface area contributed by atoms with Crippen molar-refractivity contribution in [1.29, 1.82) is 0 Å². The summed E-state index contributed by atoms with van der Waals surface area (Å²) in [5.41, 5.74) is 0.273. The first-order valence-electron chi connectivity index (χ1n) is 8.26. The van der Waals surface area contributed by atoms with E-state index < -0.39 is 23.3 Å². The molecule has 2 aromatic rings. The van der Waals surface area contributed by atoms with E-state index in [1.807, 2.05) is 35.3 Å². The van der Waals surface area contributed by atoms with Gasteiger partial charge in [0.1, 0.15) is 12.8 Å². The normalized spacial score (nSPS) is 23.0. The highest BCUT2D eigenvalue weighted by molar-refractivity contribution is 5.96. The van der Waals surface area contributed by atoms with Crippen molar-refractivity contribution in [3.05, 3.63) is 64.1 Å². The van der Waals surface area contributed by atoms with E-state index in [1.165, 1.54) is 21.8 Å². The summed E-state index contributed by atoms with van der Waals surface area (Å²) in [5, 5.41) is 12.1. The summed E-state index contributed by atoms with van der Waals surface area (Å²) >= 11 is 0. The highest BCUT2D eigenvalue weighted by Gasteiger charge is 2.38. The maximum Gasteiger partial charge on any atom is 0.277 e. The summed E-state index contributed by atoms with van der Waals surface area (Å²) in [5.74, 6) is -1.12. The summed E-state index contributed by atoms with van der Waals surface area (Å²) in [4.78, 5) is 25.8. The first-order valence-corrected chi connectivity index (χ1v) is 8.26. The number of benzene rings is 1. The van der Waals surface area contributed by atoms with Crippen LogP contribution in [0.5, 0.6) is 5.75 Å². The highest BCUT2D eigenvalue weighted by atomic mass is 19.1. The van der Waals surface area contributed by atoms with E-state index >= 15 is 0 Å². The second-order valence-corrected chi connectivity index (χ2v) is 6.43. The lowest BCUT2D eigenvalue weighted by Gasteiger charge is -2.45. The van der Waals surface area contributed by atoms with Crippen molar-refractivity contribution in [3.63, 3.8) is 0 Å². The molecule has 1 aromatic heterocycles. The zero-order valence-electron chi connectivity index (χ0n) is 13.5. The molecule has 2 bridgehead atoms. The van der Waals surface area contributed by atoms with Gasteiger partial charge in [-0.15, -0.1) is 0 Å². The Balaban J connectivity index is 1.89. The topological polar surface area (TPSA) is 65.8 Å². The standard InChI is InChI=1S/C18H18FN3O3/c19-13-6-7-14(12-4-2-1-3-5-12)22-11-20(10-13)18(25)16-17(24)15(23)8-9-21(16)22/h1-5,8-9,13-14,24H,6-7,10-11H2. The lowest BCUT2D eigenvalue weighted by atomic mass is 9.98. The van der Waals surface area contributed by atoms with Gasteiger partial charge in [0.05, 0.1) is 12.6 Å². The number of carbonyl (C=O) groups is 1. The summed E-state index contributed by atoms with van der Waals surface area (Å²) in [6, 6.07) is 10.7. The second kappa shape index (κ2) is 5.91. The molecule has 4 rings (SSSR count). The molecule has 1 fully saturated rings. The number of aromatic nitrogens is 1. The fourth-order valence-corrected chi connectivity index (χ4v) is 3.61. The molecule has 0 spiro atoms. The van der Waals surface area contributed by atoms with Crippen LogP contribution in [-0.2, 0) is 0 Å². The summed E-state index contributed by atoms with van der Waals surface area (Å²) in [6.45, 7) is 0.160. The van der Waals surface area contributed by atoms with Gasteiger partial charge < -0.3 is 10.0 Å². The average molecular weight is 343 g/mol. The minimum absolute atomic E-state index is 0.0423. The second-order valence-electron chi connectivity index (χ2n) is 6.43. The first kappa shape index (κ1) is 15.7. The molecule has 1 N–H and O–H groups in total. The number of alkyl halides is 1. The fraction of sp³-hybridized carbons (Fsp3) is 0.333. The van der Waals surface area contributed by atoms with E-state index in [9.17, 15) is 19.1 Å². The number of nitrogens with zero attached hydrogens (tertiary/aromatic N) is 3. The van der Waals surface area contributed by atoms with Gasteiger partial charge in [-0.2, -0.15) is 0 Å². The Kier molecular flexibility index (Phi) is 3.71. The molecule has 0 aliphatic carbocycles. The third kappa shape index (κ3) is 2.56. The molecule has 3 heterocycles. The van der Waals surface area contributed by atoms with Gasteiger partial charge in [0.15, 0.2) is 11.4 Å². The third-order valence-corrected chi connectivity index (χ3v) is 4.85. The molecule has 2 unspecified atom stereocenters. The predicted molar refractivity (Wildman–Crippen MR) is 89.8 cm³/mol. The van der Waals surface area contributed by atoms with Gasteiger partial charge in [0.2, 0.25) is 5.43 Å². The highest BCUT2D eigenvalue weighted by Crippen LogP contribution is 2.32. The Morgan fingerprint density at radius 1 is 1.08 bits per heavy atom. The van der Waals surface area contributed by atoms with E-state index in [-0.39, 0.29) is 24.9 Å². The Hall–Kier alpha value is -2.83. The van der Waals surface area contributed by atoms with Crippen LogP contribution in [0.4, 0.5) is 4.39 Å². The number of amides is 1. The van der Waals surface area contributed by atoms with Gasteiger partial charge in [-0.25, -0.2) is 4.39 Å². The molecule has 25 heavy (non-hydrogen) atoms. The van der Waals surface area contributed by atoms with E-state index in [4.69, 9.17) is 0 Å². The Labute approximate surface area is 143 Å². The van der Waals surface area contributed by atoms with Crippen molar-refractivity contribution < 1.29 is 14.3 Å². The molecule has 7 heteroatoms. The van der Waals surface area contributed by atoms with Crippen molar-refractivity contribution in [2.45, 2.75) is 25.1 Å². The van der Waals surface area contributed by atoms with E-state index in [0.29, 0.717) is 12.8 Å². The molecular formula is C18H18FN3O3. The Morgan fingerprint density at radius 3 is 2.60 bits per heavy atom. The maximum absolute atomic E-state index is 14.3. The molecule has 1 aromatic carbocycles. The van der Waals surface area contributed by atoms with Crippen molar-refractivity contribution >= 4 is 5.91 Å². The molecule has 0 radical (unpaired) electrons. The zero-order chi connectivity index (χ0) is 17.6. The molecule has 2 aliphatic heterocycles. The van der Waals surface area contributed by atoms with Gasteiger partial charge in [-0.1, -0.05) is 30.3 Å². The number of hydrogen-bond acceptors (Lipinski definition) is 4. The monoisotopic (exact) mass is 343 g/mol. The smallest absolute Gasteiger partial charge is 0.277 e. The third-order valence-electron chi connectivity index (χ3n) is 4.85. The lowest BCUT2D eigenvalue weighted by Crippen LogP contribution is -2.57. The molecule has 1 amide bonds. The molecule has 1 saturated heterocycles. The number of hydrogen-bond donors (Lipinski definition) is 1. The van der Waals surface area contributed by atoms with Crippen LogP contribution in [0.1, 0.15) is 34.9 Å². The van der Waals surface area contributed by atoms with Gasteiger partial charge in [0.25, 0.3) is 5.91 Å². The predicted octanol–water partition coefficient (Wildman–Crippen LogP) is 1.78.